The molecular weight excluding hydrogens is 184 g/mol. The van der Waals surface area contributed by atoms with E-state index in [0.29, 0.717) is 0 Å². The fourth-order valence-corrected chi connectivity index (χ4v) is 0.843. The Morgan fingerprint density at radius 3 is 2.29 bits per heavy atom. The molecule has 5 heteroatoms. The van der Waals surface area contributed by atoms with E-state index in [1.54, 1.807) is 6.92 Å². The van der Waals surface area contributed by atoms with Crippen LogP contribution in [0.15, 0.2) is 0 Å². The van der Waals surface area contributed by atoms with Crippen molar-refractivity contribution in [2.45, 2.75) is 45.8 Å². The van der Waals surface area contributed by atoms with Crippen LogP contribution in [-0.2, 0) is 9.53 Å². The molecule has 3 N–H and O–H groups in total. The standard InChI is InChI=1S/C9H18N2O3/c1-6(5-7(10)12)14-8(13)11-9(2,3)4/h6H,5H2,1-4H3,(H2,10,12)(H,11,13)/t6-/m0/s1. The number of nitrogens with two attached hydrogens (primary N) is 1. The second-order valence-electron chi connectivity index (χ2n) is 4.26. The first-order chi connectivity index (χ1) is 6.20. The normalized spacial score (nSPS) is 13.1. The van der Waals surface area contributed by atoms with Crippen LogP contribution in [0.5, 0.6) is 0 Å². The molecule has 0 aromatic rings. The van der Waals surface area contributed by atoms with Crippen LogP contribution < -0.4 is 11.1 Å². The first kappa shape index (κ1) is 12.7. The minimum Gasteiger partial charge on any atom is -0.446 e. The number of carbonyl (C=O) groups is 2. The SMILES string of the molecule is C[C@@H](CC(N)=O)OC(=O)NC(C)(C)C. The molecule has 0 rings (SSSR count). The van der Waals surface area contributed by atoms with Gasteiger partial charge in [0.15, 0.2) is 0 Å². The van der Waals surface area contributed by atoms with Gasteiger partial charge in [-0.25, -0.2) is 4.79 Å². The van der Waals surface area contributed by atoms with Gasteiger partial charge in [0, 0.05) is 5.54 Å². The van der Waals surface area contributed by atoms with Gasteiger partial charge in [0.25, 0.3) is 0 Å². The molecule has 0 radical (unpaired) electrons. The molecule has 14 heavy (non-hydrogen) atoms. The van der Waals surface area contributed by atoms with Gasteiger partial charge in [0.05, 0.1) is 6.42 Å². The van der Waals surface area contributed by atoms with Crippen LogP contribution in [0, 0.1) is 0 Å². The molecule has 0 aliphatic carbocycles. The van der Waals surface area contributed by atoms with Gasteiger partial charge in [0.1, 0.15) is 6.10 Å². The van der Waals surface area contributed by atoms with Gasteiger partial charge >= 0.3 is 6.09 Å². The van der Waals surface area contributed by atoms with E-state index >= 15 is 0 Å². The predicted octanol–water partition coefficient (Wildman–Crippen LogP) is 0.775. The summed E-state index contributed by atoms with van der Waals surface area (Å²) in [5.74, 6) is -0.485. The van der Waals surface area contributed by atoms with E-state index in [2.05, 4.69) is 5.32 Å². The molecule has 0 aliphatic rings. The van der Waals surface area contributed by atoms with Crippen molar-refractivity contribution in [1.29, 1.82) is 0 Å². The van der Waals surface area contributed by atoms with E-state index in [4.69, 9.17) is 10.5 Å². The Labute approximate surface area is 84.0 Å². The van der Waals surface area contributed by atoms with E-state index in [1.807, 2.05) is 20.8 Å². The van der Waals surface area contributed by atoms with Crippen LogP contribution in [0.4, 0.5) is 4.79 Å². The number of primary amides is 1. The first-order valence-electron chi connectivity index (χ1n) is 4.48. The van der Waals surface area contributed by atoms with Crippen molar-refractivity contribution >= 4 is 12.0 Å². The first-order valence-corrected chi connectivity index (χ1v) is 4.48. The Kier molecular flexibility index (Phi) is 4.40. The summed E-state index contributed by atoms with van der Waals surface area (Å²) in [6.07, 6.45) is -0.988. The lowest BCUT2D eigenvalue weighted by Gasteiger charge is -2.21. The van der Waals surface area contributed by atoms with Gasteiger partial charge < -0.3 is 15.8 Å². The summed E-state index contributed by atoms with van der Waals surface area (Å²) in [6, 6.07) is 0. The number of carbonyl (C=O) groups excluding carboxylic acids is 2. The van der Waals surface area contributed by atoms with Crippen LogP contribution >= 0.6 is 0 Å². The smallest absolute Gasteiger partial charge is 0.407 e. The summed E-state index contributed by atoms with van der Waals surface area (Å²) in [7, 11) is 0. The van der Waals surface area contributed by atoms with Crippen molar-refractivity contribution in [1.82, 2.24) is 5.32 Å². The zero-order chi connectivity index (χ0) is 11.4. The van der Waals surface area contributed by atoms with Crippen LogP contribution in [-0.4, -0.2) is 23.6 Å². The second kappa shape index (κ2) is 4.83. The number of rotatable bonds is 3. The summed E-state index contributed by atoms with van der Waals surface area (Å²) in [4.78, 5) is 21.7. The Morgan fingerprint density at radius 1 is 1.43 bits per heavy atom. The number of hydrogen-bond donors (Lipinski definition) is 2. The number of nitrogens with one attached hydrogen (secondary N) is 1. The average molecular weight is 202 g/mol. The van der Waals surface area contributed by atoms with Crippen molar-refractivity contribution in [3.8, 4) is 0 Å². The fourth-order valence-electron chi connectivity index (χ4n) is 0.843. The Morgan fingerprint density at radius 2 is 1.93 bits per heavy atom. The number of alkyl carbamates (subject to hydrolysis) is 1. The highest BCUT2D eigenvalue weighted by atomic mass is 16.6. The predicted molar refractivity (Wildman–Crippen MR) is 52.6 cm³/mol. The van der Waals surface area contributed by atoms with Crippen LogP contribution in [0.1, 0.15) is 34.1 Å². The van der Waals surface area contributed by atoms with Gasteiger partial charge in [-0.2, -0.15) is 0 Å². The number of amides is 2. The summed E-state index contributed by atoms with van der Waals surface area (Å²) >= 11 is 0. The molecule has 2 amide bonds. The minimum atomic E-state index is -0.536. The van der Waals surface area contributed by atoms with Crippen molar-refractivity contribution < 1.29 is 14.3 Å². The van der Waals surface area contributed by atoms with Gasteiger partial charge in [-0.1, -0.05) is 0 Å². The largest absolute Gasteiger partial charge is 0.446 e. The Balaban J connectivity index is 3.89. The Bertz CT molecular complexity index is 221. The molecule has 0 aliphatic heterocycles. The van der Waals surface area contributed by atoms with Crippen molar-refractivity contribution in [2.75, 3.05) is 0 Å². The summed E-state index contributed by atoms with van der Waals surface area (Å²) < 4.78 is 4.89. The average Bonchev–Trinajstić information content (AvgIpc) is 1.77. The van der Waals surface area contributed by atoms with Gasteiger partial charge in [0.2, 0.25) is 5.91 Å². The molecule has 0 saturated carbocycles. The molecule has 0 spiro atoms. The second-order valence-corrected chi connectivity index (χ2v) is 4.26. The summed E-state index contributed by atoms with van der Waals surface area (Å²) in [5.41, 5.74) is 4.60. The van der Waals surface area contributed by atoms with E-state index in [9.17, 15) is 9.59 Å². The zero-order valence-electron chi connectivity index (χ0n) is 9.09. The topological polar surface area (TPSA) is 81.4 Å². The monoisotopic (exact) mass is 202 g/mol. The number of hydrogen-bond acceptors (Lipinski definition) is 3. The molecule has 0 aromatic carbocycles. The molecule has 0 saturated heterocycles. The molecular formula is C9H18N2O3. The van der Waals surface area contributed by atoms with Crippen LogP contribution in [0.3, 0.4) is 0 Å². The lowest BCUT2D eigenvalue weighted by Crippen LogP contribution is -2.42. The van der Waals surface area contributed by atoms with E-state index in [-0.39, 0.29) is 12.0 Å². The zero-order valence-corrected chi connectivity index (χ0v) is 9.09. The maximum absolute atomic E-state index is 11.2. The van der Waals surface area contributed by atoms with Crippen molar-refractivity contribution in [2.24, 2.45) is 5.73 Å². The molecule has 5 nitrogen and oxygen atoms in total. The van der Waals surface area contributed by atoms with Gasteiger partial charge in [-0.3, -0.25) is 4.79 Å². The third-order valence-corrected chi connectivity index (χ3v) is 1.27. The Hall–Kier alpha value is -1.26. The van der Waals surface area contributed by atoms with Gasteiger partial charge in [-0.15, -0.1) is 0 Å². The maximum atomic E-state index is 11.2. The molecule has 0 bridgehead atoms. The summed E-state index contributed by atoms with van der Waals surface area (Å²) in [6.45, 7) is 7.14. The highest BCUT2D eigenvalue weighted by Gasteiger charge is 2.17. The quantitative estimate of drug-likeness (QED) is 0.709. The van der Waals surface area contributed by atoms with E-state index in [1.165, 1.54) is 0 Å². The third kappa shape index (κ3) is 7.39. The third-order valence-electron chi connectivity index (χ3n) is 1.27. The molecule has 1 atom stereocenters. The molecule has 0 aromatic heterocycles. The fraction of sp³-hybridized carbons (Fsp3) is 0.778. The van der Waals surface area contributed by atoms with Crippen LogP contribution in [0.25, 0.3) is 0 Å². The van der Waals surface area contributed by atoms with Crippen LogP contribution in [0.2, 0.25) is 0 Å². The van der Waals surface area contributed by atoms with Crippen molar-refractivity contribution in [3.63, 3.8) is 0 Å². The van der Waals surface area contributed by atoms with E-state index in [0.717, 1.165) is 0 Å². The molecule has 82 valence electrons. The highest BCUT2D eigenvalue weighted by Crippen LogP contribution is 2.02. The minimum absolute atomic E-state index is 0.0392. The molecule has 0 unspecified atom stereocenters. The van der Waals surface area contributed by atoms with Gasteiger partial charge in [-0.05, 0) is 27.7 Å². The lowest BCUT2D eigenvalue weighted by molar-refractivity contribution is -0.119. The highest BCUT2D eigenvalue weighted by molar-refractivity contribution is 5.75. The van der Waals surface area contributed by atoms with Crippen molar-refractivity contribution in [3.05, 3.63) is 0 Å². The van der Waals surface area contributed by atoms with E-state index < -0.39 is 18.1 Å². The lowest BCUT2D eigenvalue weighted by atomic mass is 10.1. The number of ether oxygens (including phenoxy) is 1. The summed E-state index contributed by atoms with van der Waals surface area (Å²) in [5, 5.41) is 2.61. The molecule has 0 heterocycles. The molecule has 0 fully saturated rings. The maximum Gasteiger partial charge on any atom is 0.407 e.